The van der Waals surface area contributed by atoms with Crippen molar-refractivity contribution in [3.8, 4) is 0 Å². The number of nitrogens with one attached hydrogen (secondary N) is 1. The van der Waals surface area contributed by atoms with E-state index in [1.807, 2.05) is 32.2 Å². The fraction of sp³-hybridized carbons (Fsp3) is 0.571. The molecule has 0 aliphatic carbocycles. The molecule has 1 heterocycles. The van der Waals surface area contributed by atoms with Crippen molar-refractivity contribution in [2.75, 3.05) is 5.32 Å². The molecule has 0 radical (unpaired) electrons. The number of carbonyl (C=O) groups is 1. The average molecular weight is 299 g/mol. The first-order valence-electron chi connectivity index (χ1n) is 6.08. The molecular formula is C14H21NO4S. The molecule has 0 spiro atoms. The van der Waals surface area contributed by atoms with Crippen LogP contribution in [0.3, 0.4) is 0 Å². The van der Waals surface area contributed by atoms with Gasteiger partial charge in [-0.25, -0.2) is 4.79 Å². The van der Waals surface area contributed by atoms with E-state index in [1.165, 1.54) is 4.88 Å². The Morgan fingerprint density at radius 3 is 2.05 bits per heavy atom. The quantitative estimate of drug-likeness (QED) is 0.855. The molecule has 0 fully saturated rings. The normalized spacial score (nSPS) is 10.9. The van der Waals surface area contributed by atoms with Gasteiger partial charge in [0.25, 0.3) is 0 Å². The minimum Gasteiger partial charge on any atom is -0.444 e. The first-order valence-corrected chi connectivity index (χ1v) is 6.96. The zero-order valence-electron chi connectivity index (χ0n) is 12.7. The number of carbonyl (C=O) groups excluding carboxylic acids is 3. The summed E-state index contributed by atoms with van der Waals surface area (Å²) in [5, 5.41) is 4.68. The van der Waals surface area contributed by atoms with Crippen LogP contribution in [0.5, 0.6) is 0 Å². The number of hydrogen-bond acceptors (Lipinski definition) is 5. The zero-order valence-corrected chi connectivity index (χ0v) is 13.5. The topological polar surface area (TPSA) is 72.5 Å². The van der Waals surface area contributed by atoms with Crippen LogP contribution in [0.25, 0.3) is 0 Å². The molecule has 0 saturated heterocycles. The van der Waals surface area contributed by atoms with E-state index in [-0.39, 0.29) is 11.6 Å². The fourth-order valence-electron chi connectivity index (χ4n) is 1.22. The Labute approximate surface area is 123 Å². The molecule has 112 valence electrons. The maximum atomic E-state index is 11.6. The van der Waals surface area contributed by atoms with Crippen LogP contribution in [-0.2, 0) is 19.7 Å². The number of anilines is 1. The molecule has 0 unspecified atom stereocenters. The van der Waals surface area contributed by atoms with Crippen LogP contribution in [0.1, 0.15) is 46.4 Å². The van der Waals surface area contributed by atoms with Gasteiger partial charge in [-0.15, -0.1) is 11.3 Å². The van der Waals surface area contributed by atoms with E-state index in [0.29, 0.717) is 0 Å². The number of hydrogen-bond donors (Lipinski definition) is 1. The number of ether oxygens (including phenoxy) is 1. The van der Waals surface area contributed by atoms with Crippen LogP contribution in [0, 0.1) is 0 Å². The summed E-state index contributed by atoms with van der Waals surface area (Å²) in [5.41, 5.74) is 0.444. The Bertz CT molecular complexity index is 474. The molecule has 6 heteroatoms. The summed E-state index contributed by atoms with van der Waals surface area (Å²) in [6.07, 6.45) is -0.157. The Kier molecular flexibility index (Phi) is 6.62. The molecular weight excluding hydrogens is 278 g/mol. The standard InChI is InChI=1S/C13H21NO2S.CO2/c1-12(2,3)10-7-9(8-17-10)14-11(15)16-13(4,5)6;2-1-3/h7-8H,1-6H3,(H,14,15);. The van der Waals surface area contributed by atoms with Crippen LogP contribution in [0.2, 0.25) is 0 Å². The van der Waals surface area contributed by atoms with Crippen LogP contribution in [0.4, 0.5) is 10.5 Å². The number of rotatable bonds is 1. The van der Waals surface area contributed by atoms with Gasteiger partial charge in [-0.1, -0.05) is 20.8 Å². The molecule has 1 rings (SSSR count). The SMILES string of the molecule is CC(C)(C)OC(=O)Nc1csc(C(C)(C)C)c1.O=C=O. The van der Waals surface area contributed by atoms with Crippen molar-refractivity contribution in [3.05, 3.63) is 16.3 Å². The van der Waals surface area contributed by atoms with E-state index in [0.717, 1.165) is 5.69 Å². The largest absolute Gasteiger partial charge is 0.444 e. The van der Waals surface area contributed by atoms with Crippen LogP contribution in [0.15, 0.2) is 11.4 Å². The smallest absolute Gasteiger partial charge is 0.412 e. The predicted octanol–water partition coefficient (Wildman–Crippen LogP) is 3.81. The summed E-state index contributed by atoms with van der Waals surface area (Å²) >= 11 is 1.65. The monoisotopic (exact) mass is 299 g/mol. The number of amides is 1. The van der Waals surface area contributed by atoms with E-state index in [1.54, 1.807) is 11.3 Å². The van der Waals surface area contributed by atoms with Crippen molar-refractivity contribution in [1.82, 2.24) is 0 Å². The van der Waals surface area contributed by atoms with Gasteiger partial charge < -0.3 is 4.74 Å². The molecule has 0 bridgehead atoms. The van der Waals surface area contributed by atoms with Gasteiger partial charge in [0.1, 0.15) is 5.60 Å². The molecule has 1 aromatic heterocycles. The van der Waals surface area contributed by atoms with Crippen LogP contribution < -0.4 is 5.32 Å². The summed E-state index contributed by atoms with van der Waals surface area (Å²) in [6, 6.07) is 1.99. The minimum atomic E-state index is -0.465. The second-order valence-electron chi connectivity index (χ2n) is 6.16. The highest BCUT2D eigenvalue weighted by atomic mass is 32.1. The van der Waals surface area contributed by atoms with Gasteiger partial charge in [0.05, 0.1) is 5.69 Å². The van der Waals surface area contributed by atoms with Crippen LogP contribution >= 0.6 is 11.3 Å². The van der Waals surface area contributed by atoms with Gasteiger partial charge in [0, 0.05) is 10.3 Å². The lowest BCUT2D eigenvalue weighted by atomic mass is 9.95. The molecule has 1 N–H and O–H groups in total. The highest BCUT2D eigenvalue weighted by Crippen LogP contribution is 2.31. The first-order chi connectivity index (χ1) is 8.99. The van der Waals surface area contributed by atoms with Gasteiger partial charge in [0.15, 0.2) is 0 Å². The molecule has 0 aliphatic rings. The summed E-state index contributed by atoms with van der Waals surface area (Å²) in [4.78, 5) is 29.0. The summed E-state index contributed by atoms with van der Waals surface area (Å²) in [7, 11) is 0. The maximum Gasteiger partial charge on any atom is 0.412 e. The van der Waals surface area contributed by atoms with Crippen molar-refractivity contribution in [2.45, 2.75) is 52.6 Å². The molecule has 1 aromatic rings. The maximum absolute atomic E-state index is 11.6. The third kappa shape index (κ3) is 7.71. The Morgan fingerprint density at radius 2 is 1.70 bits per heavy atom. The minimum absolute atomic E-state index is 0.110. The lowest BCUT2D eigenvalue weighted by molar-refractivity contribution is -0.191. The van der Waals surface area contributed by atoms with E-state index in [9.17, 15) is 4.79 Å². The number of thiophene rings is 1. The Morgan fingerprint density at radius 1 is 1.20 bits per heavy atom. The van der Waals surface area contributed by atoms with Crippen molar-refractivity contribution in [3.63, 3.8) is 0 Å². The van der Waals surface area contributed by atoms with Crippen molar-refractivity contribution >= 4 is 29.3 Å². The molecule has 0 aromatic carbocycles. The highest BCUT2D eigenvalue weighted by molar-refractivity contribution is 7.10. The fourth-order valence-corrected chi connectivity index (χ4v) is 2.15. The molecule has 0 atom stereocenters. The van der Waals surface area contributed by atoms with Crippen molar-refractivity contribution in [1.29, 1.82) is 0 Å². The summed E-state index contributed by atoms with van der Waals surface area (Å²) in [6.45, 7) is 12.0. The molecule has 0 aliphatic heterocycles. The molecule has 1 amide bonds. The van der Waals surface area contributed by atoms with Gasteiger partial charge in [-0.2, -0.15) is 9.59 Å². The third-order valence-electron chi connectivity index (χ3n) is 1.98. The zero-order chi connectivity index (χ0) is 16.0. The predicted molar refractivity (Wildman–Crippen MR) is 77.9 cm³/mol. The summed E-state index contributed by atoms with van der Waals surface area (Å²) < 4.78 is 5.19. The Balaban J connectivity index is 0.00000110. The molecule has 5 nitrogen and oxygen atoms in total. The van der Waals surface area contributed by atoms with Gasteiger partial charge in [0.2, 0.25) is 0 Å². The van der Waals surface area contributed by atoms with Crippen molar-refractivity contribution < 1.29 is 19.1 Å². The van der Waals surface area contributed by atoms with Gasteiger partial charge in [-0.05, 0) is 32.3 Å². The van der Waals surface area contributed by atoms with E-state index >= 15 is 0 Å². The lowest BCUT2D eigenvalue weighted by Crippen LogP contribution is -2.27. The average Bonchev–Trinajstić information content (AvgIpc) is 2.63. The van der Waals surface area contributed by atoms with E-state index in [4.69, 9.17) is 14.3 Å². The third-order valence-corrected chi connectivity index (χ3v) is 3.34. The second-order valence-corrected chi connectivity index (χ2v) is 7.07. The molecule has 20 heavy (non-hydrogen) atoms. The van der Waals surface area contributed by atoms with Crippen molar-refractivity contribution in [2.24, 2.45) is 0 Å². The first kappa shape index (κ1) is 18.4. The van der Waals surface area contributed by atoms with E-state index in [2.05, 4.69) is 26.1 Å². The summed E-state index contributed by atoms with van der Waals surface area (Å²) in [5.74, 6) is 0. The second kappa shape index (κ2) is 7.22. The Hall–Kier alpha value is -1.65. The van der Waals surface area contributed by atoms with Crippen LogP contribution in [-0.4, -0.2) is 17.8 Å². The van der Waals surface area contributed by atoms with Gasteiger partial charge >= 0.3 is 12.2 Å². The highest BCUT2D eigenvalue weighted by Gasteiger charge is 2.19. The lowest BCUT2D eigenvalue weighted by Gasteiger charge is -2.19. The van der Waals surface area contributed by atoms with E-state index < -0.39 is 11.7 Å². The molecule has 0 saturated carbocycles. The van der Waals surface area contributed by atoms with Gasteiger partial charge in [-0.3, -0.25) is 5.32 Å².